The first-order chi connectivity index (χ1) is 13.6. The van der Waals surface area contributed by atoms with Gasteiger partial charge in [-0.25, -0.2) is 4.79 Å². The van der Waals surface area contributed by atoms with Crippen molar-refractivity contribution in [3.8, 4) is 5.75 Å². The van der Waals surface area contributed by atoms with Crippen molar-refractivity contribution in [2.24, 2.45) is 5.92 Å². The second-order valence-electron chi connectivity index (χ2n) is 7.86. The summed E-state index contributed by atoms with van der Waals surface area (Å²) in [5.41, 5.74) is 0.440. The van der Waals surface area contributed by atoms with E-state index in [1.807, 2.05) is 0 Å². The summed E-state index contributed by atoms with van der Waals surface area (Å²) < 4.78 is 34.1. The lowest BCUT2D eigenvalue weighted by Crippen LogP contribution is -2.34. The van der Waals surface area contributed by atoms with Gasteiger partial charge in [-0.15, -0.1) is 0 Å². The number of hydrogen-bond acceptors (Lipinski definition) is 8. The molecule has 1 aromatic rings. The Kier molecular flexibility index (Phi) is 4.76. The maximum Gasteiger partial charge on any atom is 0.338 e. The largest absolute Gasteiger partial charge is 0.485 e. The van der Waals surface area contributed by atoms with Crippen LogP contribution in [-0.2, 0) is 23.7 Å². The molecule has 0 saturated carbocycles. The van der Waals surface area contributed by atoms with E-state index >= 15 is 0 Å². The van der Waals surface area contributed by atoms with Crippen LogP contribution in [-0.4, -0.2) is 80.2 Å². The van der Waals surface area contributed by atoms with Crippen molar-refractivity contribution in [2.75, 3.05) is 26.4 Å². The highest BCUT2D eigenvalue weighted by Gasteiger charge is 2.49. The van der Waals surface area contributed by atoms with Gasteiger partial charge in [-0.1, -0.05) is 6.92 Å². The van der Waals surface area contributed by atoms with Crippen LogP contribution < -0.4 is 4.74 Å². The second-order valence-corrected chi connectivity index (χ2v) is 7.86. The monoisotopic (exact) mass is 392 g/mol. The molecule has 1 aromatic carbocycles. The minimum absolute atomic E-state index is 0.00218. The highest BCUT2D eigenvalue weighted by molar-refractivity contribution is 5.89. The summed E-state index contributed by atoms with van der Waals surface area (Å²) in [5.74, 6) is 0.512. The van der Waals surface area contributed by atoms with Gasteiger partial charge in [0.15, 0.2) is 12.2 Å². The summed E-state index contributed by atoms with van der Waals surface area (Å²) in [6.07, 6.45) is -2.06. The Hall–Kier alpha value is -1.71. The van der Waals surface area contributed by atoms with E-state index in [9.17, 15) is 9.90 Å². The molecule has 1 N–H and O–H groups in total. The molecule has 4 fully saturated rings. The van der Waals surface area contributed by atoms with Gasteiger partial charge >= 0.3 is 5.97 Å². The molecule has 4 aliphatic heterocycles. The van der Waals surface area contributed by atoms with Crippen molar-refractivity contribution in [1.29, 1.82) is 0 Å². The van der Waals surface area contributed by atoms with Crippen LogP contribution in [0.15, 0.2) is 24.3 Å². The molecule has 8 nitrogen and oxygen atoms in total. The van der Waals surface area contributed by atoms with Crippen LogP contribution in [0.1, 0.15) is 17.3 Å². The standard InChI is InChI=1S/C20H24O8/c1-10-6-23-18-15(9-25-16(10)18)28-20(22)11-2-4-12(5-3-11)27-14-8-26-17-13(21)7-24-19(14)17/h2-5,10,13-19,21H,6-9H2,1H3/t10-,13-,14-,15-,16?,17?,18?,19?/m0/s1. The van der Waals surface area contributed by atoms with Gasteiger partial charge in [0.05, 0.1) is 38.1 Å². The van der Waals surface area contributed by atoms with Gasteiger partial charge in [0.2, 0.25) is 0 Å². The average molecular weight is 392 g/mol. The van der Waals surface area contributed by atoms with Crippen LogP contribution in [0.5, 0.6) is 5.75 Å². The minimum atomic E-state index is -0.609. The van der Waals surface area contributed by atoms with Crippen molar-refractivity contribution in [3.05, 3.63) is 29.8 Å². The summed E-state index contributed by atoms with van der Waals surface area (Å²) >= 11 is 0. The Morgan fingerprint density at radius 2 is 1.54 bits per heavy atom. The fraction of sp³-hybridized carbons (Fsp3) is 0.650. The SMILES string of the molecule is C[C@H]1COC2C1OC[C@@H]2OC(=O)c1ccc(O[C@H]2COC3C2OC[C@@H]3O)cc1. The number of benzene rings is 1. The van der Waals surface area contributed by atoms with Crippen molar-refractivity contribution >= 4 is 5.97 Å². The molecule has 152 valence electrons. The van der Waals surface area contributed by atoms with Crippen molar-refractivity contribution in [1.82, 2.24) is 0 Å². The number of carbonyl (C=O) groups excluding carboxylic acids is 1. The number of esters is 1. The van der Waals surface area contributed by atoms with Gasteiger partial charge in [0.1, 0.15) is 30.2 Å². The molecular formula is C20H24O8. The molecule has 0 spiro atoms. The molecule has 0 bridgehead atoms. The zero-order chi connectivity index (χ0) is 19.3. The molecule has 0 aliphatic carbocycles. The average Bonchev–Trinajstić information content (AvgIpc) is 3.44. The Morgan fingerprint density at radius 1 is 0.893 bits per heavy atom. The minimum Gasteiger partial charge on any atom is -0.485 e. The summed E-state index contributed by atoms with van der Waals surface area (Å²) in [6, 6.07) is 6.77. The van der Waals surface area contributed by atoms with E-state index in [4.69, 9.17) is 28.4 Å². The third-order valence-corrected chi connectivity index (χ3v) is 5.87. The van der Waals surface area contributed by atoms with Gasteiger partial charge in [-0.2, -0.15) is 0 Å². The summed E-state index contributed by atoms with van der Waals surface area (Å²) in [6.45, 7) is 3.68. The van der Waals surface area contributed by atoms with Gasteiger partial charge in [-0.05, 0) is 24.3 Å². The molecule has 4 aliphatic rings. The molecule has 4 saturated heterocycles. The van der Waals surface area contributed by atoms with Crippen LogP contribution in [0.25, 0.3) is 0 Å². The number of ether oxygens (including phenoxy) is 6. The zero-order valence-corrected chi connectivity index (χ0v) is 15.6. The lowest BCUT2D eigenvalue weighted by Gasteiger charge is -2.18. The molecule has 0 amide bonds. The van der Waals surface area contributed by atoms with Crippen LogP contribution >= 0.6 is 0 Å². The van der Waals surface area contributed by atoms with Crippen molar-refractivity contribution in [2.45, 2.75) is 49.7 Å². The second kappa shape index (κ2) is 7.27. The van der Waals surface area contributed by atoms with Crippen LogP contribution in [0.3, 0.4) is 0 Å². The molecule has 0 radical (unpaired) electrons. The first kappa shape index (κ1) is 18.3. The quantitative estimate of drug-likeness (QED) is 0.743. The van der Waals surface area contributed by atoms with E-state index in [1.54, 1.807) is 24.3 Å². The third kappa shape index (κ3) is 3.19. The highest BCUT2D eigenvalue weighted by Crippen LogP contribution is 2.33. The van der Waals surface area contributed by atoms with E-state index in [2.05, 4.69) is 6.92 Å². The van der Waals surface area contributed by atoms with E-state index in [1.165, 1.54) is 0 Å². The lowest BCUT2D eigenvalue weighted by atomic mass is 10.0. The van der Waals surface area contributed by atoms with Crippen LogP contribution in [0, 0.1) is 5.92 Å². The molecular weight excluding hydrogens is 368 g/mol. The first-order valence-corrected chi connectivity index (χ1v) is 9.72. The number of fused-ring (bicyclic) bond motifs is 2. The molecule has 8 atom stereocenters. The van der Waals surface area contributed by atoms with E-state index in [0.29, 0.717) is 37.1 Å². The molecule has 28 heavy (non-hydrogen) atoms. The number of aliphatic hydroxyl groups is 1. The Labute approximate surface area is 162 Å². The van der Waals surface area contributed by atoms with E-state index < -0.39 is 12.1 Å². The van der Waals surface area contributed by atoms with Crippen LogP contribution in [0.2, 0.25) is 0 Å². The molecule has 4 heterocycles. The van der Waals surface area contributed by atoms with E-state index in [-0.39, 0.29) is 43.2 Å². The molecule has 5 rings (SSSR count). The van der Waals surface area contributed by atoms with Gasteiger partial charge in [-0.3, -0.25) is 0 Å². The predicted molar refractivity (Wildman–Crippen MR) is 94.2 cm³/mol. The third-order valence-electron chi connectivity index (χ3n) is 5.87. The Bertz CT molecular complexity index is 721. The summed E-state index contributed by atoms with van der Waals surface area (Å²) in [4.78, 5) is 12.5. The number of hydrogen-bond donors (Lipinski definition) is 1. The predicted octanol–water partition coefficient (Wildman–Crippen LogP) is 0.552. The van der Waals surface area contributed by atoms with E-state index in [0.717, 1.165) is 0 Å². The van der Waals surface area contributed by atoms with Gasteiger partial charge in [0, 0.05) is 5.92 Å². The van der Waals surface area contributed by atoms with Crippen LogP contribution in [0.4, 0.5) is 0 Å². The molecule has 0 aromatic heterocycles. The van der Waals surface area contributed by atoms with Crippen molar-refractivity contribution in [3.63, 3.8) is 0 Å². The topological polar surface area (TPSA) is 92.7 Å². The summed E-state index contributed by atoms with van der Waals surface area (Å²) in [7, 11) is 0. The number of carbonyl (C=O) groups is 1. The van der Waals surface area contributed by atoms with Gasteiger partial charge in [0.25, 0.3) is 0 Å². The number of aliphatic hydroxyl groups excluding tert-OH is 1. The maximum atomic E-state index is 12.5. The number of rotatable bonds is 4. The fourth-order valence-corrected chi connectivity index (χ4v) is 4.35. The maximum absolute atomic E-state index is 12.5. The zero-order valence-electron chi connectivity index (χ0n) is 15.6. The normalized spacial score (nSPS) is 41.6. The first-order valence-electron chi connectivity index (χ1n) is 9.72. The Morgan fingerprint density at radius 3 is 2.36 bits per heavy atom. The summed E-state index contributed by atoms with van der Waals surface area (Å²) in [5, 5.41) is 9.79. The lowest BCUT2D eigenvalue weighted by molar-refractivity contribution is -0.0158. The molecule has 8 heteroatoms. The Balaban J connectivity index is 1.18. The highest BCUT2D eigenvalue weighted by atomic mass is 16.6. The molecule has 4 unspecified atom stereocenters. The van der Waals surface area contributed by atoms with Gasteiger partial charge < -0.3 is 33.5 Å². The smallest absolute Gasteiger partial charge is 0.338 e. The fourth-order valence-electron chi connectivity index (χ4n) is 4.35. The van der Waals surface area contributed by atoms with Crippen molar-refractivity contribution < 1.29 is 38.3 Å².